The van der Waals surface area contributed by atoms with E-state index in [0.717, 1.165) is 19.6 Å². The largest absolute Gasteiger partial charge is 0.367 e. The number of nitrogens with one attached hydrogen (secondary N) is 1. The number of hydrogen-bond acceptors (Lipinski definition) is 3. The summed E-state index contributed by atoms with van der Waals surface area (Å²) < 4.78 is 0. The van der Waals surface area contributed by atoms with Gasteiger partial charge in [-0.25, -0.2) is 0 Å². The van der Waals surface area contributed by atoms with Gasteiger partial charge in [0.25, 0.3) is 0 Å². The lowest BCUT2D eigenvalue weighted by atomic mass is 10.1. The van der Waals surface area contributed by atoms with Gasteiger partial charge in [-0.15, -0.1) is 0 Å². The lowest BCUT2D eigenvalue weighted by Crippen LogP contribution is -2.38. The summed E-state index contributed by atoms with van der Waals surface area (Å²) in [7, 11) is 4.34. The van der Waals surface area contributed by atoms with Crippen LogP contribution in [0.4, 0.5) is 5.69 Å². The van der Waals surface area contributed by atoms with Crippen molar-refractivity contribution < 1.29 is 0 Å². The lowest BCUT2D eigenvalue weighted by molar-refractivity contribution is 0.372. The molecule has 1 aromatic rings. The first-order chi connectivity index (χ1) is 9.22. The third-order valence-corrected chi connectivity index (χ3v) is 3.82. The second kappa shape index (κ2) is 6.92. The van der Waals surface area contributed by atoms with Crippen molar-refractivity contribution in [1.82, 2.24) is 10.2 Å². The molecule has 0 aromatic heterocycles. The molecule has 106 valence electrons. The summed E-state index contributed by atoms with van der Waals surface area (Å²) in [4.78, 5) is 4.91. The minimum Gasteiger partial charge on any atom is -0.367 e. The van der Waals surface area contributed by atoms with Gasteiger partial charge in [-0.3, -0.25) is 0 Å². The molecular weight excluding hydrogens is 234 g/mol. The van der Waals surface area contributed by atoms with Gasteiger partial charge in [-0.2, -0.15) is 0 Å². The van der Waals surface area contributed by atoms with E-state index in [1.165, 1.54) is 30.6 Å². The minimum absolute atomic E-state index is 0.665. The third-order valence-electron chi connectivity index (χ3n) is 3.82. The Labute approximate surface area is 117 Å². The van der Waals surface area contributed by atoms with Crippen LogP contribution >= 0.6 is 0 Å². The molecule has 0 amide bonds. The molecule has 19 heavy (non-hydrogen) atoms. The summed E-state index contributed by atoms with van der Waals surface area (Å²) in [5, 5.41) is 3.45. The molecule has 0 bridgehead atoms. The van der Waals surface area contributed by atoms with Gasteiger partial charge in [0.1, 0.15) is 0 Å². The Kier molecular flexibility index (Phi) is 5.23. The fourth-order valence-corrected chi connectivity index (χ4v) is 2.96. The van der Waals surface area contributed by atoms with Crippen molar-refractivity contribution in [3.63, 3.8) is 0 Å². The zero-order chi connectivity index (χ0) is 13.7. The van der Waals surface area contributed by atoms with Crippen LogP contribution in [0.3, 0.4) is 0 Å². The highest BCUT2D eigenvalue weighted by Gasteiger charge is 2.26. The molecule has 1 atom stereocenters. The van der Waals surface area contributed by atoms with Crippen molar-refractivity contribution in [3.05, 3.63) is 29.8 Å². The molecule has 1 unspecified atom stereocenters. The average molecular weight is 261 g/mol. The zero-order valence-corrected chi connectivity index (χ0v) is 12.5. The van der Waals surface area contributed by atoms with Crippen molar-refractivity contribution >= 4 is 5.69 Å². The van der Waals surface area contributed by atoms with E-state index in [4.69, 9.17) is 0 Å². The first kappa shape index (κ1) is 14.4. The molecule has 0 spiro atoms. The smallest absolute Gasteiger partial charge is 0.0417 e. The highest BCUT2D eigenvalue weighted by Crippen LogP contribution is 2.28. The van der Waals surface area contributed by atoms with Crippen LogP contribution in [0.15, 0.2) is 24.3 Å². The number of hydrogen-bond donors (Lipinski definition) is 1. The molecule has 1 heterocycles. The maximum Gasteiger partial charge on any atom is 0.0417 e. The summed E-state index contributed by atoms with van der Waals surface area (Å²) in [6.07, 6.45) is 2.63. The summed E-state index contributed by atoms with van der Waals surface area (Å²) in [5.41, 5.74) is 2.85. The van der Waals surface area contributed by atoms with Gasteiger partial charge < -0.3 is 15.1 Å². The quantitative estimate of drug-likeness (QED) is 0.848. The molecule has 1 aromatic carbocycles. The highest BCUT2D eigenvalue weighted by molar-refractivity contribution is 5.55. The molecule has 3 heteroatoms. The van der Waals surface area contributed by atoms with Gasteiger partial charge in [-0.05, 0) is 45.1 Å². The van der Waals surface area contributed by atoms with Gasteiger partial charge in [0.15, 0.2) is 0 Å². The Balaban J connectivity index is 2.15. The summed E-state index contributed by atoms with van der Waals surface area (Å²) in [6, 6.07) is 9.50. The van der Waals surface area contributed by atoms with E-state index in [1.807, 2.05) is 0 Å². The number of nitrogens with zero attached hydrogens (tertiary/aromatic N) is 2. The van der Waals surface area contributed by atoms with Crippen LogP contribution in [0.1, 0.15) is 25.3 Å². The molecular formula is C16H27N3. The predicted molar refractivity (Wildman–Crippen MR) is 82.7 cm³/mol. The molecule has 0 aliphatic carbocycles. The van der Waals surface area contributed by atoms with Crippen molar-refractivity contribution in [3.8, 4) is 0 Å². The van der Waals surface area contributed by atoms with Crippen molar-refractivity contribution in [2.75, 3.05) is 38.6 Å². The van der Waals surface area contributed by atoms with Gasteiger partial charge >= 0.3 is 0 Å². The molecule has 1 saturated heterocycles. The number of rotatable bonds is 6. The van der Waals surface area contributed by atoms with Crippen molar-refractivity contribution in [2.45, 2.75) is 32.4 Å². The van der Waals surface area contributed by atoms with Crippen LogP contribution in [0.25, 0.3) is 0 Å². The fraction of sp³-hybridized carbons (Fsp3) is 0.625. The van der Waals surface area contributed by atoms with E-state index in [1.54, 1.807) is 0 Å². The summed E-state index contributed by atoms with van der Waals surface area (Å²) >= 11 is 0. The SMILES string of the molecule is CCNCc1ccccc1N1CCCC1CN(C)C. The molecule has 0 saturated carbocycles. The maximum absolute atomic E-state index is 3.45. The van der Waals surface area contributed by atoms with Crippen LogP contribution < -0.4 is 10.2 Å². The van der Waals surface area contributed by atoms with Crippen LogP contribution in [-0.4, -0.2) is 44.7 Å². The minimum atomic E-state index is 0.665. The van der Waals surface area contributed by atoms with E-state index < -0.39 is 0 Å². The normalized spacial score (nSPS) is 19.4. The maximum atomic E-state index is 3.45. The van der Waals surface area contributed by atoms with E-state index in [-0.39, 0.29) is 0 Å². The first-order valence-corrected chi connectivity index (χ1v) is 7.42. The van der Waals surface area contributed by atoms with Gasteiger partial charge in [0.05, 0.1) is 0 Å². The van der Waals surface area contributed by atoms with Gasteiger partial charge in [0.2, 0.25) is 0 Å². The van der Waals surface area contributed by atoms with E-state index in [0.29, 0.717) is 6.04 Å². The Hall–Kier alpha value is -1.06. The molecule has 1 aliphatic heterocycles. The molecule has 0 radical (unpaired) electrons. The zero-order valence-electron chi connectivity index (χ0n) is 12.5. The Morgan fingerprint density at radius 1 is 1.32 bits per heavy atom. The molecule has 1 fully saturated rings. The van der Waals surface area contributed by atoms with Crippen LogP contribution in [0.2, 0.25) is 0 Å². The Morgan fingerprint density at radius 2 is 2.11 bits per heavy atom. The van der Waals surface area contributed by atoms with E-state index in [9.17, 15) is 0 Å². The van der Waals surface area contributed by atoms with Gasteiger partial charge in [0, 0.05) is 31.4 Å². The standard InChI is InChI=1S/C16H27N3/c1-4-17-12-14-8-5-6-10-16(14)19-11-7-9-15(19)13-18(2)3/h5-6,8,10,15,17H,4,7,9,11-13H2,1-3H3. The Bertz CT molecular complexity index is 389. The third kappa shape index (κ3) is 3.71. The fourth-order valence-electron chi connectivity index (χ4n) is 2.96. The highest BCUT2D eigenvalue weighted by atomic mass is 15.2. The molecule has 1 N–H and O–H groups in total. The number of likely N-dealkylation sites (N-methyl/N-ethyl adjacent to an activating group) is 1. The second-order valence-electron chi connectivity index (χ2n) is 5.66. The molecule has 1 aliphatic rings. The van der Waals surface area contributed by atoms with Gasteiger partial charge in [-0.1, -0.05) is 25.1 Å². The van der Waals surface area contributed by atoms with Crippen molar-refractivity contribution in [1.29, 1.82) is 0 Å². The number of benzene rings is 1. The average Bonchev–Trinajstić information content (AvgIpc) is 2.84. The van der Waals surface area contributed by atoms with E-state index >= 15 is 0 Å². The number of para-hydroxylation sites is 1. The number of anilines is 1. The van der Waals surface area contributed by atoms with Crippen LogP contribution in [0.5, 0.6) is 0 Å². The van der Waals surface area contributed by atoms with E-state index in [2.05, 4.69) is 60.4 Å². The Morgan fingerprint density at radius 3 is 2.84 bits per heavy atom. The second-order valence-corrected chi connectivity index (χ2v) is 5.66. The van der Waals surface area contributed by atoms with Crippen LogP contribution in [0, 0.1) is 0 Å². The van der Waals surface area contributed by atoms with Crippen LogP contribution in [-0.2, 0) is 6.54 Å². The summed E-state index contributed by atoms with van der Waals surface area (Å²) in [5.74, 6) is 0. The molecule has 3 nitrogen and oxygen atoms in total. The summed E-state index contributed by atoms with van der Waals surface area (Å²) in [6.45, 7) is 6.50. The van der Waals surface area contributed by atoms with Crippen molar-refractivity contribution in [2.24, 2.45) is 0 Å². The topological polar surface area (TPSA) is 18.5 Å². The monoisotopic (exact) mass is 261 g/mol. The predicted octanol–water partition coefficient (Wildman–Crippen LogP) is 2.33. The lowest BCUT2D eigenvalue weighted by Gasteiger charge is -2.30. The molecule has 2 rings (SSSR count). The first-order valence-electron chi connectivity index (χ1n) is 7.42.